The molecule has 1 aromatic rings. The molecular formula is C14H21ClN2O2. The number of nitrogens with one attached hydrogen (secondary N) is 2. The molecule has 0 aromatic heterocycles. The third kappa shape index (κ3) is 5.49. The summed E-state index contributed by atoms with van der Waals surface area (Å²) < 4.78 is 5.51. The number of para-hydroxylation sites is 1. The molecule has 19 heavy (non-hydrogen) atoms. The van der Waals surface area contributed by atoms with E-state index in [0.717, 1.165) is 25.1 Å². The van der Waals surface area contributed by atoms with Crippen molar-refractivity contribution in [2.45, 2.75) is 25.3 Å². The number of piperidine rings is 1. The molecule has 4 nitrogen and oxygen atoms in total. The first kappa shape index (κ1) is 15.8. The van der Waals surface area contributed by atoms with Crippen LogP contribution in [0.3, 0.4) is 0 Å². The third-order valence-electron chi connectivity index (χ3n) is 3.04. The Bertz CT molecular complexity index is 367. The summed E-state index contributed by atoms with van der Waals surface area (Å²) in [5.74, 6) is 0.925. The molecule has 1 amide bonds. The molecule has 1 heterocycles. The van der Waals surface area contributed by atoms with E-state index in [1.54, 1.807) is 0 Å². The van der Waals surface area contributed by atoms with Crippen molar-refractivity contribution in [3.05, 3.63) is 30.3 Å². The second-order valence-electron chi connectivity index (χ2n) is 4.46. The van der Waals surface area contributed by atoms with Crippen molar-refractivity contribution in [3.63, 3.8) is 0 Å². The Labute approximate surface area is 120 Å². The van der Waals surface area contributed by atoms with Crippen molar-refractivity contribution >= 4 is 18.3 Å². The van der Waals surface area contributed by atoms with Crippen LogP contribution >= 0.6 is 12.4 Å². The van der Waals surface area contributed by atoms with Crippen molar-refractivity contribution in [3.8, 4) is 5.75 Å². The minimum absolute atomic E-state index is 0. The normalized spacial score (nSPS) is 18.2. The molecule has 1 fully saturated rings. The van der Waals surface area contributed by atoms with E-state index in [1.807, 2.05) is 30.3 Å². The Morgan fingerprint density at radius 3 is 2.79 bits per heavy atom. The quantitative estimate of drug-likeness (QED) is 0.810. The maximum atomic E-state index is 11.8. The Morgan fingerprint density at radius 1 is 1.32 bits per heavy atom. The molecule has 5 heteroatoms. The molecule has 106 valence electrons. The zero-order valence-electron chi connectivity index (χ0n) is 10.9. The highest BCUT2D eigenvalue weighted by Crippen LogP contribution is 2.08. The number of carbonyl (C=O) groups excluding carboxylic acids is 1. The molecule has 0 radical (unpaired) electrons. The summed E-state index contributed by atoms with van der Waals surface area (Å²) in [6, 6.07) is 9.61. The number of ether oxygens (including phenoxy) is 1. The summed E-state index contributed by atoms with van der Waals surface area (Å²) in [5.41, 5.74) is 0. The minimum atomic E-state index is -0.0181. The first-order valence-corrected chi connectivity index (χ1v) is 6.55. The lowest BCUT2D eigenvalue weighted by atomic mass is 10.0. The van der Waals surface area contributed by atoms with Crippen molar-refractivity contribution in [2.75, 3.05) is 19.7 Å². The number of hydrogen-bond acceptors (Lipinski definition) is 3. The van der Waals surface area contributed by atoms with Crippen LogP contribution < -0.4 is 15.4 Å². The van der Waals surface area contributed by atoms with Gasteiger partial charge in [-0.05, 0) is 31.5 Å². The fourth-order valence-corrected chi connectivity index (χ4v) is 2.06. The summed E-state index contributed by atoms with van der Waals surface area (Å²) >= 11 is 0. The Morgan fingerprint density at radius 2 is 2.11 bits per heavy atom. The molecule has 0 aliphatic carbocycles. The average Bonchev–Trinajstić information content (AvgIpc) is 2.45. The lowest BCUT2D eigenvalue weighted by Crippen LogP contribution is -2.47. The van der Waals surface area contributed by atoms with Crippen molar-refractivity contribution in [1.29, 1.82) is 0 Å². The van der Waals surface area contributed by atoms with Gasteiger partial charge in [-0.1, -0.05) is 24.6 Å². The highest BCUT2D eigenvalue weighted by molar-refractivity contribution is 5.85. The molecule has 1 aromatic carbocycles. The molecule has 0 saturated carbocycles. The summed E-state index contributed by atoms with van der Waals surface area (Å²) in [6.45, 7) is 1.99. The van der Waals surface area contributed by atoms with Crippen LogP contribution in [0.25, 0.3) is 0 Å². The van der Waals surface area contributed by atoms with Gasteiger partial charge in [0.05, 0.1) is 12.6 Å². The van der Waals surface area contributed by atoms with Gasteiger partial charge in [0.2, 0.25) is 5.91 Å². The second-order valence-corrected chi connectivity index (χ2v) is 4.46. The monoisotopic (exact) mass is 284 g/mol. The fourth-order valence-electron chi connectivity index (χ4n) is 2.06. The predicted octanol–water partition coefficient (Wildman–Crippen LogP) is 1.75. The third-order valence-corrected chi connectivity index (χ3v) is 3.04. The van der Waals surface area contributed by atoms with E-state index in [-0.39, 0.29) is 24.4 Å². The largest absolute Gasteiger partial charge is 0.492 e. The van der Waals surface area contributed by atoms with Crippen LogP contribution in [0.2, 0.25) is 0 Å². The SMILES string of the molecule is Cl.O=C(NCCOc1ccccc1)C1CCCCN1. The summed E-state index contributed by atoms with van der Waals surface area (Å²) in [4.78, 5) is 11.8. The van der Waals surface area contributed by atoms with Gasteiger partial charge in [0.15, 0.2) is 0 Å². The fraction of sp³-hybridized carbons (Fsp3) is 0.500. The number of amides is 1. The van der Waals surface area contributed by atoms with Crippen molar-refractivity contribution in [2.24, 2.45) is 0 Å². The molecule has 0 spiro atoms. The first-order chi connectivity index (χ1) is 8.86. The molecular weight excluding hydrogens is 264 g/mol. The van der Waals surface area contributed by atoms with Crippen LogP contribution in [0.1, 0.15) is 19.3 Å². The van der Waals surface area contributed by atoms with Crippen LogP contribution in [0.5, 0.6) is 5.75 Å². The number of benzene rings is 1. The maximum absolute atomic E-state index is 11.8. The number of rotatable bonds is 5. The van der Waals surface area contributed by atoms with Gasteiger partial charge in [-0.2, -0.15) is 0 Å². The van der Waals surface area contributed by atoms with E-state index >= 15 is 0 Å². The van der Waals surface area contributed by atoms with E-state index in [4.69, 9.17) is 4.74 Å². The Kier molecular flexibility index (Phi) is 7.30. The zero-order valence-corrected chi connectivity index (χ0v) is 11.7. The molecule has 2 rings (SSSR count). The first-order valence-electron chi connectivity index (χ1n) is 6.55. The summed E-state index contributed by atoms with van der Waals surface area (Å²) in [6.07, 6.45) is 3.23. The van der Waals surface area contributed by atoms with E-state index in [1.165, 1.54) is 6.42 Å². The molecule has 1 atom stereocenters. The van der Waals surface area contributed by atoms with Gasteiger partial charge in [-0.25, -0.2) is 0 Å². The smallest absolute Gasteiger partial charge is 0.237 e. The van der Waals surface area contributed by atoms with Gasteiger partial charge >= 0.3 is 0 Å². The van der Waals surface area contributed by atoms with Gasteiger partial charge in [0.1, 0.15) is 12.4 Å². The molecule has 0 bridgehead atoms. The van der Waals surface area contributed by atoms with Crippen LogP contribution in [0.4, 0.5) is 0 Å². The van der Waals surface area contributed by atoms with Crippen molar-refractivity contribution < 1.29 is 9.53 Å². The topological polar surface area (TPSA) is 50.4 Å². The molecule has 1 aliphatic rings. The van der Waals surface area contributed by atoms with Gasteiger partial charge < -0.3 is 15.4 Å². The number of hydrogen-bond donors (Lipinski definition) is 2. The van der Waals surface area contributed by atoms with E-state index in [2.05, 4.69) is 10.6 Å². The van der Waals surface area contributed by atoms with Gasteiger partial charge in [0, 0.05) is 0 Å². The molecule has 1 aliphatic heterocycles. The minimum Gasteiger partial charge on any atom is -0.492 e. The van der Waals surface area contributed by atoms with Gasteiger partial charge in [-0.15, -0.1) is 12.4 Å². The van der Waals surface area contributed by atoms with Crippen LogP contribution in [-0.4, -0.2) is 31.6 Å². The Hall–Kier alpha value is -1.26. The van der Waals surface area contributed by atoms with Gasteiger partial charge in [-0.3, -0.25) is 4.79 Å². The zero-order chi connectivity index (χ0) is 12.6. The van der Waals surface area contributed by atoms with Crippen molar-refractivity contribution in [1.82, 2.24) is 10.6 Å². The highest BCUT2D eigenvalue weighted by atomic mass is 35.5. The standard InChI is InChI=1S/C14H20N2O2.ClH/c17-14(13-8-4-5-9-15-13)16-10-11-18-12-6-2-1-3-7-12;/h1-3,6-7,13,15H,4-5,8-11H2,(H,16,17);1H. The van der Waals surface area contributed by atoms with Crippen LogP contribution in [0.15, 0.2) is 30.3 Å². The second kappa shape index (κ2) is 8.77. The average molecular weight is 285 g/mol. The van der Waals surface area contributed by atoms with Gasteiger partial charge in [0.25, 0.3) is 0 Å². The van der Waals surface area contributed by atoms with Crippen LogP contribution in [-0.2, 0) is 4.79 Å². The van der Waals surface area contributed by atoms with E-state index < -0.39 is 0 Å². The number of carbonyl (C=O) groups is 1. The summed E-state index contributed by atoms with van der Waals surface area (Å²) in [5, 5.41) is 6.12. The lowest BCUT2D eigenvalue weighted by Gasteiger charge is -2.22. The summed E-state index contributed by atoms with van der Waals surface area (Å²) in [7, 11) is 0. The van der Waals surface area contributed by atoms with E-state index in [9.17, 15) is 4.79 Å². The Balaban J connectivity index is 0.00000180. The van der Waals surface area contributed by atoms with E-state index in [0.29, 0.717) is 13.2 Å². The molecule has 1 unspecified atom stereocenters. The number of halogens is 1. The lowest BCUT2D eigenvalue weighted by molar-refractivity contribution is -0.123. The maximum Gasteiger partial charge on any atom is 0.237 e. The van der Waals surface area contributed by atoms with Crippen LogP contribution in [0, 0.1) is 0 Å². The molecule has 1 saturated heterocycles. The highest BCUT2D eigenvalue weighted by Gasteiger charge is 2.19. The molecule has 2 N–H and O–H groups in total. The predicted molar refractivity (Wildman–Crippen MR) is 77.8 cm³/mol.